The van der Waals surface area contributed by atoms with Gasteiger partial charge in [-0.1, -0.05) is 18.2 Å². The van der Waals surface area contributed by atoms with Gasteiger partial charge in [0.1, 0.15) is 0 Å². The van der Waals surface area contributed by atoms with Crippen LogP contribution in [-0.4, -0.2) is 48.1 Å². The minimum atomic E-state index is 0.106. The summed E-state index contributed by atoms with van der Waals surface area (Å²) in [6.07, 6.45) is 2.06. The van der Waals surface area contributed by atoms with Crippen molar-refractivity contribution in [3.63, 3.8) is 0 Å². The number of benzene rings is 1. The number of hydrogen-bond acceptors (Lipinski definition) is 3. The lowest BCUT2D eigenvalue weighted by molar-refractivity contribution is 0.186. The van der Waals surface area contributed by atoms with Gasteiger partial charge in [0.2, 0.25) is 0 Å². The number of nitrogens with one attached hydrogen (secondary N) is 1. The molecule has 2 saturated heterocycles. The maximum atomic E-state index is 11.9. The number of aromatic nitrogens is 1. The number of carbonyl (C=O) groups excluding carboxylic acids is 1. The number of fused-ring (bicyclic) bond motifs is 1. The molecule has 126 valence electrons. The maximum absolute atomic E-state index is 11.9. The summed E-state index contributed by atoms with van der Waals surface area (Å²) < 4.78 is 0. The molecule has 0 unspecified atom stereocenters. The zero-order chi connectivity index (χ0) is 16.7. The molecule has 0 atom stereocenters. The predicted molar refractivity (Wildman–Crippen MR) is 96.6 cm³/mol. The smallest absolute Gasteiger partial charge is 0.317 e. The van der Waals surface area contributed by atoms with Crippen molar-refractivity contribution in [1.29, 1.82) is 0 Å². The second kappa shape index (κ2) is 5.96. The molecular formula is C19H24N4O. The number of para-hydroxylation sites is 1. The van der Waals surface area contributed by atoms with Crippen molar-refractivity contribution in [2.45, 2.75) is 32.7 Å². The Labute approximate surface area is 142 Å². The molecule has 0 radical (unpaired) electrons. The topological polar surface area (TPSA) is 48.5 Å². The van der Waals surface area contributed by atoms with Gasteiger partial charge in [-0.2, -0.15) is 0 Å². The van der Waals surface area contributed by atoms with E-state index in [2.05, 4.69) is 42.3 Å². The summed E-state index contributed by atoms with van der Waals surface area (Å²) in [5.74, 6) is 0. The van der Waals surface area contributed by atoms with Crippen molar-refractivity contribution in [2.24, 2.45) is 0 Å². The zero-order valence-corrected chi connectivity index (χ0v) is 14.4. The third-order valence-corrected chi connectivity index (χ3v) is 5.46. The quantitative estimate of drug-likeness (QED) is 0.924. The van der Waals surface area contributed by atoms with E-state index in [0.29, 0.717) is 6.04 Å². The van der Waals surface area contributed by atoms with E-state index in [9.17, 15) is 4.79 Å². The molecule has 0 aliphatic carbocycles. The van der Waals surface area contributed by atoms with Crippen molar-refractivity contribution < 1.29 is 4.79 Å². The van der Waals surface area contributed by atoms with Crippen molar-refractivity contribution in [1.82, 2.24) is 15.2 Å². The maximum Gasteiger partial charge on any atom is 0.317 e. The van der Waals surface area contributed by atoms with Crippen LogP contribution in [0.3, 0.4) is 0 Å². The summed E-state index contributed by atoms with van der Waals surface area (Å²) in [6, 6.07) is 8.87. The molecule has 2 fully saturated rings. The average Bonchev–Trinajstić information content (AvgIpc) is 3.02. The number of carbonyl (C=O) groups is 1. The van der Waals surface area contributed by atoms with E-state index in [4.69, 9.17) is 4.98 Å². The van der Waals surface area contributed by atoms with E-state index in [0.717, 1.165) is 50.2 Å². The number of nitrogens with zero attached hydrogens (tertiary/aromatic N) is 3. The first kappa shape index (κ1) is 15.2. The van der Waals surface area contributed by atoms with Crippen LogP contribution in [0.5, 0.6) is 0 Å². The summed E-state index contributed by atoms with van der Waals surface area (Å²) >= 11 is 0. The normalized spacial score (nSPS) is 19.2. The van der Waals surface area contributed by atoms with Crippen molar-refractivity contribution >= 4 is 22.6 Å². The van der Waals surface area contributed by atoms with E-state index in [1.54, 1.807) is 0 Å². The molecule has 4 rings (SSSR count). The van der Waals surface area contributed by atoms with Crippen molar-refractivity contribution in [3.05, 3.63) is 35.5 Å². The number of pyridine rings is 1. The highest BCUT2D eigenvalue weighted by atomic mass is 16.2. The Morgan fingerprint density at radius 1 is 1.12 bits per heavy atom. The molecule has 24 heavy (non-hydrogen) atoms. The molecule has 0 saturated carbocycles. The first-order valence-corrected chi connectivity index (χ1v) is 8.80. The third kappa shape index (κ3) is 2.48. The monoisotopic (exact) mass is 324 g/mol. The first-order chi connectivity index (χ1) is 11.6. The highest BCUT2D eigenvalue weighted by Gasteiger charge is 2.31. The van der Waals surface area contributed by atoms with Crippen LogP contribution in [0.2, 0.25) is 0 Å². The standard InChI is InChI=1S/C19H24N4O/c1-13-14(2)21-17-6-4-3-5-16(17)18(13)22-10-7-15(8-11-22)23-12-9-20-19(23)24/h3-6,15H,7-12H2,1-2H3,(H,20,24). The summed E-state index contributed by atoms with van der Waals surface area (Å²) in [5.41, 5.74) is 4.76. The molecule has 2 aliphatic rings. The van der Waals surface area contributed by atoms with Gasteiger partial charge in [0.05, 0.1) is 11.2 Å². The van der Waals surface area contributed by atoms with Crippen LogP contribution in [0, 0.1) is 13.8 Å². The highest BCUT2D eigenvalue weighted by molar-refractivity contribution is 5.94. The molecule has 1 aromatic heterocycles. The largest absolute Gasteiger partial charge is 0.371 e. The number of amides is 2. The van der Waals surface area contributed by atoms with E-state index < -0.39 is 0 Å². The van der Waals surface area contributed by atoms with Crippen LogP contribution in [0.15, 0.2) is 24.3 Å². The Kier molecular flexibility index (Phi) is 3.79. The molecule has 5 nitrogen and oxygen atoms in total. The average molecular weight is 324 g/mol. The van der Waals surface area contributed by atoms with Gasteiger partial charge >= 0.3 is 6.03 Å². The van der Waals surface area contributed by atoms with Gasteiger partial charge in [0.25, 0.3) is 0 Å². The number of rotatable bonds is 2. The second-order valence-electron chi connectivity index (χ2n) is 6.83. The SMILES string of the molecule is Cc1nc2ccccc2c(N2CCC(N3CCNC3=O)CC2)c1C. The summed E-state index contributed by atoms with van der Waals surface area (Å²) in [4.78, 5) is 21.1. The van der Waals surface area contributed by atoms with E-state index in [1.165, 1.54) is 16.6 Å². The molecule has 5 heteroatoms. The Bertz CT molecular complexity index is 780. The van der Waals surface area contributed by atoms with Crippen LogP contribution in [-0.2, 0) is 0 Å². The van der Waals surface area contributed by atoms with E-state index in [1.807, 2.05) is 11.0 Å². The molecule has 2 amide bonds. The van der Waals surface area contributed by atoms with E-state index >= 15 is 0 Å². The van der Waals surface area contributed by atoms with E-state index in [-0.39, 0.29) is 6.03 Å². The number of urea groups is 1. The molecule has 2 aliphatic heterocycles. The van der Waals surface area contributed by atoms with Crippen LogP contribution in [0.1, 0.15) is 24.1 Å². The predicted octanol–water partition coefficient (Wildman–Crippen LogP) is 2.85. The van der Waals surface area contributed by atoms with Crippen LogP contribution >= 0.6 is 0 Å². The number of hydrogen-bond donors (Lipinski definition) is 1. The lowest BCUT2D eigenvalue weighted by Gasteiger charge is -2.38. The van der Waals surface area contributed by atoms with Crippen LogP contribution in [0.4, 0.5) is 10.5 Å². The molecule has 1 aromatic carbocycles. The second-order valence-corrected chi connectivity index (χ2v) is 6.83. The Balaban J connectivity index is 1.61. The molecule has 0 bridgehead atoms. The van der Waals surface area contributed by atoms with Gasteiger partial charge in [-0.05, 0) is 38.3 Å². The summed E-state index contributed by atoms with van der Waals surface area (Å²) in [6.45, 7) is 7.87. The molecule has 1 N–H and O–H groups in total. The first-order valence-electron chi connectivity index (χ1n) is 8.80. The number of piperidine rings is 1. The number of aryl methyl sites for hydroxylation is 1. The van der Waals surface area contributed by atoms with Gasteiger partial charge in [0.15, 0.2) is 0 Å². The lowest BCUT2D eigenvalue weighted by atomic mass is 9.99. The van der Waals surface area contributed by atoms with Gasteiger partial charge < -0.3 is 15.1 Å². The van der Waals surface area contributed by atoms with Gasteiger partial charge in [-0.15, -0.1) is 0 Å². The molecule has 3 heterocycles. The Morgan fingerprint density at radius 3 is 2.58 bits per heavy atom. The molecule has 2 aromatic rings. The highest BCUT2D eigenvalue weighted by Crippen LogP contribution is 2.33. The Morgan fingerprint density at radius 2 is 1.88 bits per heavy atom. The summed E-state index contributed by atoms with van der Waals surface area (Å²) in [5, 5.41) is 4.15. The fourth-order valence-corrected chi connectivity index (χ4v) is 4.05. The fourth-order valence-electron chi connectivity index (χ4n) is 4.05. The molecular weight excluding hydrogens is 300 g/mol. The minimum absolute atomic E-state index is 0.106. The molecule has 0 spiro atoms. The lowest BCUT2D eigenvalue weighted by Crippen LogP contribution is -2.46. The van der Waals surface area contributed by atoms with Gasteiger partial charge in [-0.25, -0.2) is 4.79 Å². The van der Waals surface area contributed by atoms with Crippen LogP contribution < -0.4 is 10.2 Å². The van der Waals surface area contributed by atoms with Crippen LogP contribution in [0.25, 0.3) is 10.9 Å². The summed E-state index contributed by atoms with van der Waals surface area (Å²) in [7, 11) is 0. The van der Waals surface area contributed by atoms with Gasteiger partial charge in [-0.3, -0.25) is 4.98 Å². The minimum Gasteiger partial charge on any atom is -0.371 e. The van der Waals surface area contributed by atoms with Crippen molar-refractivity contribution in [3.8, 4) is 0 Å². The third-order valence-electron chi connectivity index (χ3n) is 5.46. The zero-order valence-electron chi connectivity index (χ0n) is 14.4. The van der Waals surface area contributed by atoms with Gasteiger partial charge in [0, 0.05) is 43.3 Å². The Hall–Kier alpha value is -2.30. The van der Waals surface area contributed by atoms with Crippen molar-refractivity contribution in [2.75, 3.05) is 31.1 Å². The fraction of sp³-hybridized carbons (Fsp3) is 0.474. The number of anilines is 1.